The summed E-state index contributed by atoms with van der Waals surface area (Å²) in [6.07, 6.45) is 6.18. The second kappa shape index (κ2) is 7.41. The van der Waals surface area contributed by atoms with Crippen LogP contribution in [-0.4, -0.2) is 36.1 Å². The SMILES string of the molecule is CCCNC(COC)Cc1cnn(CC)c1. The van der Waals surface area contributed by atoms with Crippen molar-refractivity contribution in [1.29, 1.82) is 0 Å². The highest BCUT2D eigenvalue weighted by atomic mass is 16.5. The first-order chi connectivity index (χ1) is 7.80. The molecule has 0 fully saturated rings. The summed E-state index contributed by atoms with van der Waals surface area (Å²) < 4.78 is 7.17. The molecule has 0 amide bonds. The Balaban J connectivity index is 2.46. The number of aryl methyl sites for hydroxylation is 1. The fourth-order valence-electron chi connectivity index (χ4n) is 1.71. The summed E-state index contributed by atoms with van der Waals surface area (Å²) in [4.78, 5) is 0. The van der Waals surface area contributed by atoms with E-state index in [-0.39, 0.29) is 0 Å². The zero-order valence-electron chi connectivity index (χ0n) is 10.6. The summed E-state index contributed by atoms with van der Waals surface area (Å²) in [6, 6.07) is 0.388. The molecule has 0 bridgehead atoms. The predicted molar refractivity (Wildman–Crippen MR) is 65.6 cm³/mol. The van der Waals surface area contributed by atoms with Crippen LogP contribution in [0, 0.1) is 0 Å². The number of nitrogens with one attached hydrogen (secondary N) is 1. The number of hydrogen-bond donors (Lipinski definition) is 1. The predicted octanol–water partition coefficient (Wildman–Crippen LogP) is 1.46. The first-order valence-electron chi connectivity index (χ1n) is 6.03. The van der Waals surface area contributed by atoms with Crippen LogP contribution in [0.3, 0.4) is 0 Å². The lowest BCUT2D eigenvalue weighted by atomic mass is 10.1. The molecule has 92 valence electrons. The van der Waals surface area contributed by atoms with Crippen LogP contribution in [0.5, 0.6) is 0 Å². The maximum atomic E-state index is 5.22. The Morgan fingerprint density at radius 3 is 2.88 bits per heavy atom. The van der Waals surface area contributed by atoms with E-state index in [4.69, 9.17) is 4.74 Å². The van der Waals surface area contributed by atoms with Gasteiger partial charge in [0.1, 0.15) is 0 Å². The van der Waals surface area contributed by atoms with Crippen molar-refractivity contribution < 1.29 is 4.74 Å². The van der Waals surface area contributed by atoms with Crippen molar-refractivity contribution in [2.45, 2.75) is 39.3 Å². The molecule has 0 aliphatic heterocycles. The van der Waals surface area contributed by atoms with Crippen LogP contribution in [0.2, 0.25) is 0 Å². The molecule has 1 unspecified atom stereocenters. The molecule has 1 aromatic rings. The van der Waals surface area contributed by atoms with E-state index in [1.165, 1.54) is 5.56 Å². The molecule has 0 aliphatic carbocycles. The maximum absolute atomic E-state index is 5.22. The van der Waals surface area contributed by atoms with E-state index in [0.717, 1.165) is 32.5 Å². The van der Waals surface area contributed by atoms with Crippen LogP contribution < -0.4 is 5.32 Å². The molecule has 1 atom stereocenters. The van der Waals surface area contributed by atoms with Crippen molar-refractivity contribution in [1.82, 2.24) is 15.1 Å². The highest BCUT2D eigenvalue weighted by Gasteiger charge is 2.09. The van der Waals surface area contributed by atoms with E-state index in [0.29, 0.717) is 6.04 Å². The molecule has 1 aromatic heterocycles. The van der Waals surface area contributed by atoms with Crippen molar-refractivity contribution in [3.63, 3.8) is 0 Å². The Kier molecular flexibility index (Phi) is 6.11. The van der Waals surface area contributed by atoms with E-state index >= 15 is 0 Å². The maximum Gasteiger partial charge on any atom is 0.0619 e. The van der Waals surface area contributed by atoms with Gasteiger partial charge in [-0.3, -0.25) is 4.68 Å². The van der Waals surface area contributed by atoms with Gasteiger partial charge in [-0.1, -0.05) is 6.92 Å². The lowest BCUT2D eigenvalue weighted by Gasteiger charge is -2.16. The summed E-state index contributed by atoms with van der Waals surface area (Å²) in [5.41, 5.74) is 1.27. The van der Waals surface area contributed by atoms with E-state index in [2.05, 4.69) is 30.5 Å². The van der Waals surface area contributed by atoms with Crippen molar-refractivity contribution >= 4 is 0 Å². The summed E-state index contributed by atoms with van der Waals surface area (Å²) in [6.45, 7) is 6.98. The molecule has 1 rings (SSSR count). The molecule has 0 saturated heterocycles. The van der Waals surface area contributed by atoms with Crippen LogP contribution in [0.25, 0.3) is 0 Å². The average molecular weight is 225 g/mol. The lowest BCUT2D eigenvalue weighted by Crippen LogP contribution is -2.35. The van der Waals surface area contributed by atoms with Crippen LogP contribution in [0.4, 0.5) is 0 Å². The Morgan fingerprint density at radius 2 is 2.31 bits per heavy atom. The molecular weight excluding hydrogens is 202 g/mol. The minimum atomic E-state index is 0.388. The molecule has 16 heavy (non-hydrogen) atoms. The summed E-state index contributed by atoms with van der Waals surface area (Å²) in [5.74, 6) is 0. The van der Waals surface area contributed by atoms with E-state index in [1.54, 1.807) is 7.11 Å². The minimum Gasteiger partial charge on any atom is -0.383 e. The molecule has 1 N–H and O–H groups in total. The largest absolute Gasteiger partial charge is 0.383 e. The molecule has 0 aliphatic rings. The molecule has 0 radical (unpaired) electrons. The Hall–Kier alpha value is -0.870. The summed E-state index contributed by atoms with van der Waals surface area (Å²) >= 11 is 0. The van der Waals surface area contributed by atoms with Crippen LogP contribution in [0.1, 0.15) is 25.8 Å². The summed E-state index contributed by atoms with van der Waals surface area (Å²) in [5, 5.41) is 7.76. The van der Waals surface area contributed by atoms with Crippen molar-refractivity contribution in [2.24, 2.45) is 0 Å². The third kappa shape index (κ3) is 4.33. The smallest absolute Gasteiger partial charge is 0.0619 e. The van der Waals surface area contributed by atoms with E-state index < -0.39 is 0 Å². The van der Waals surface area contributed by atoms with Crippen LogP contribution in [-0.2, 0) is 17.7 Å². The van der Waals surface area contributed by atoms with Gasteiger partial charge in [0, 0.05) is 25.9 Å². The van der Waals surface area contributed by atoms with Crippen molar-refractivity contribution in [3.8, 4) is 0 Å². The minimum absolute atomic E-state index is 0.388. The summed E-state index contributed by atoms with van der Waals surface area (Å²) in [7, 11) is 1.75. The second-order valence-electron chi connectivity index (χ2n) is 4.01. The highest BCUT2D eigenvalue weighted by Crippen LogP contribution is 2.03. The van der Waals surface area contributed by atoms with Crippen LogP contribution in [0.15, 0.2) is 12.4 Å². The fourth-order valence-corrected chi connectivity index (χ4v) is 1.71. The van der Waals surface area contributed by atoms with E-state index in [1.807, 2.05) is 10.9 Å². The lowest BCUT2D eigenvalue weighted by molar-refractivity contribution is 0.166. The molecule has 0 spiro atoms. The van der Waals surface area contributed by atoms with Gasteiger partial charge in [0.05, 0.1) is 12.8 Å². The Morgan fingerprint density at radius 1 is 1.50 bits per heavy atom. The Labute approximate surface area is 98.0 Å². The monoisotopic (exact) mass is 225 g/mol. The van der Waals surface area contributed by atoms with Gasteiger partial charge in [-0.05, 0) is 31.9 Å². The first kappa shape index (κ1) is 13.2. The number of ether oxygens (including phenoxy) is 1. The number of nitrogens with zero attached hydrogens (tertiary/aromatic N) is 2. The van der Waals surface area contributed by atoms with Gasteiger partial charge in [0.25, 0.3) is 0 Å². The van der Waals surface area contributed by atoms with Crippen molar-refractivity contribution in [3.05, 3.63) is 18.0 Å². The highest BCUT2D eigenvalue weighted by molar-refractivity contribution is 5.06. The van der Waals surface area contributed by atoms with Crippen molar-refractivity contribution in [2.75, 3.05) is 20.3 Å². The zero-order chi connectivity index (χ0) is 11.8. The van der Waals surface area contributed by atoms with Gasteiger partial charge < -0.3 is 10.1 Å². The fraction of sp³-hybridized carbons (Fsp3) is 0.750. The average Bonchev–Trinajstić information content (AvgIpc) is 2.74. The molecule has 1 heterocycles. The second-order valence-corrected chi connectivity index (χ2v) is 4.01. The molecule has 0 aromatic carbocycles. The van der Waals surface area contributed by atoms with Gasteiger partial charge >= 0.3 is 0 Å². The number of methoxy groups -OCH3 is 1. The van der Waals surface area contributed by atoms with Gasteiger partial charge in [-0.15, -0.1) is 0 Å². The zero-order valence-corrected chi connectivity index (χ0v) is 10.6. The quantitative estimate of drug-likeness (QED) is 0.728. The Bertz CT molecular complexity index is 286. The standard InChI is InChI=1S/C12H23N3O/c1-4-6-13-12(10-16-3)7-11-8-14-15(5-2)9-11/h8-9,12-13H,4-7,10H2,1-3H3. The molecule has 0 saturated carbocycles. The van der Waals surface area contributed by atoms with Gasteiger partial charge in [0.15, 0.2) is 0 Å². The molecular formula is C12H23N3O. The van der Waals surface area contributed by atoms with Gasteiger partial charge in [-0.2, -0.15) is 5.10 Å². The van der Waals surface area contributed by atoms with E-state index in [9.17, 15) is 0 Å². The third-order valence-corrected chi connectivity index (χ3v) is 2.54. The third-order valence-electron chi connectivity index (χ3n) is 2.54. The number of rotatable bonds is 8. The molecule has 4 heteroatoms. The number of hydrogen-bond acceptors (Lipinski definition) is 3. The van der Waals surface area contributed by atoms with Gasteiger partial charge in [0.2, 0.25) is 0 Å². The molecule has 4 nitrogen and oxygen atoms in total. The van der Waals surface area contributed by atoms with Crippen LogP contribution >= 0.6 is 0 Å². The topological polar surface area (TPSA) is 39.1 Å². The van der Waals surface area contributed by atoms with Gasteiger partial charge in [-0.25, -0.2) is 0 Å². The number of aromatic nitrogens is 2. The normalized spacial score (nSPS) is 12.9. The first-order valence-corrected chi connectivity index (χ1v) is 6.03.